The van der Waals surface area contributed by atoms with Gasteiger partial charge in [0, 0.05) is 12.1 Å². The molecule has 3 aromatic rings. The molecule has 10 heteroatoms. The quantitative estimate of drug-likeness (QED) is 0.129. The summed E-state index contributed by atoms with van der Waals surface area (Å²) in [6.45, 7) is 0.134. The zero-order valence-electron chi connectivity index (χ0n) is 16.6. The number of aliphatic imine (C=N–C) groups is 1. The van der Waals surface area contributed by atoms with Gasteiger partial charge in [0.1, 0.15) is 6.61 Å². The number of carbonyl (C=O) groups is 1. The number of ether oxygens (including phenoxy) is 3. The molecular weight excluding hydrogens is 547 g/mol. The maximum atomic E-state index is 12.2. The zero-order valence-corrected chi connectivity index (χ0v) is 19.6. The largest absolute Gasteiger partial charge is 0.493 e. The number of carbonyl (C=O) groups excluding carboxylic acids is 1. The summed E-state index contributed by atoms with van der Waals surface area (Å²) in [6.07, 6.45) is 1.62. The Morgan fingerprint density at radius 1 is 1.25 bits per heavy atom. The minimum atomic E-state index is -0.520. The molecule has 0 N–H and O–H groups in total. The van der Waals surface area contributed by atoms with Crippen molar-refractivity contribution in [3.05, 3.63) is 89.3 Å². The third-order valence-electron chi connectivity index (χ3n) is 4.41. The third kappa shape index (κ3) is 4.81. The molecule has 32 heavy (non-hydrogen) atoms. The van der Waals surface area contributed by atoms with E-state index >= 15 is 0 Å². The fourth-order valence-electron chi connectivity index (χ4n) is 2.95. The van der Waals surface area contributed by atoms with E-state index in [0.717, 1.165) is 8.45 Å². The van der Waals surface area contributed by atoms with E-state index in [9.17, 15) is 14.9 Å². The van der Waals surface area contributed by atoms with Crippen molar-refractivity contribution in [2.75, 3.05) is 7.11 Å². The molecule has 0 atom stereocenters. The van der Waals surface area contributed by atoms with Gasteiger partial charge in [0.25, 0.3) is 5.69 Å². The summed E-state index contributed by atoms with van der Waals surface area (Å²) in [5.74, 6) is 0.727. The Kier molecular flexibility index (Phi) is 6.51. The van der Waals surface area contributed by atoms with Gasteiger partial charge in [-0.2, -0.15) is 0 Å². The first-order valence-electron chi connectivity index (χ1n) is 9.24. The highest BCUT2D eigenvalue weighted by Gasteiger charge is 2.25. The Morgan fingerprint density at radius 3 is 2.81 bits per heavy atom. The first-order chi connectivity index (χ1) is 15.4. The van der Waals surface area contributed by atoms with Gasteiger partial charge in [-0.15, -0.1) is 11.3 Å². The van der Waals surface area contributed by atoms with Crippen molar-refractivity contribution in [3.63, 3.8) is 0 Å². The van der Waals surface area contributed by atoms with E-state index in [0.29, 0.717) is 22.6 Å². The second-order valence-corrected chi connectivity index (χ2v) is 8.67. The molecule has 1 aromatic heterocycles. The second kappa shape index (κ2) is 9.49. The van der Waals surface area contributed by atoms with Crippen LogP contribution in [0, 0.1) is 13.7 Å². The summed E-state index contributed by atoms with van der Waals surface area (Å²) in [7, 11) is 1.51. The van der Waals surface area contributed by atoms with Crippen molar-refractivity contribution in [1.29, 1.82) is 0 Å². The lowest BCUT2D eigenvalue weighted by molar-refractivity contribution is -0.384. The molecule has 0 bridgehead atoms. The average molecular weight is 562 g/mol. The Balaban J connectivity index is 1.57. The number of thiophene rings is 1. The van der Waals surface area contributed by atoms with Crippen molar-refractivity contribution < 1.29 is 23.9 Å². The number of cyclic esters (lactones) is 1. The molecule has 0 radical (unpaired) electrons. The van der Waals surface area contributed by atoms with Gasteiger partial charge in [-0.3, -0.25) is 10.1 Å². The van der Waals surface area contributed by atoms with E-state index < -0.39 is 10.9 Å². The maximum Gasteiger partial charge on any atom is 0.363 e. The highest BCUT2D eigenvalue weighted by Crippen LogP contribution is 2.36. The summed E-state index contributed by atoms with van der Waals surface area (Å²) in [4.78, 5) is 27.8. The van der Waals surface area contributed by atoms with E-state index in [4.69, 9.17) is 14.2 Å². The first kappa shape index (κ1) is 22.0. The van der Waals surface area contributed by atoms with Crippen molar-refractivity contribution in [1.82, 2.24) is 0 Å². The predicted molar refractivity (Wildman–Crippen MR) is 128 cm³/mol. The molecule has 0 saturated carbocycles. The Labute approximate surface area is 200 Å². The van der Waals surface area contributed by atoms with Crippen molar-refractivity contribution in [2.24, 2.45) is 4.99 Å². The van der Waals surface area contributed by atoms with Gasteiger partial charge in [0.05, 0.1) is 20.5 Å². The van der Waals surface area contributed by atoms with E-state index in [1.165, 1.54) is 30.6 Å². The summed E-state index contributed by atoms with van der Waals surface area (Å²) >= 11 is 3.54. The number of rotatable bonds is 7. The van der Waals surface area contributed by atoms with Crippen molar-refractivity contribution in [3.8, 4) is 11.5 Å². The van der Waals surface area contributed by atoms with Crippen LogP contribution in [0.25, 0.3) is 6.08 Å². The van der Waals surface area contributed by atoms with Crippen LogP contribution in [-0.2, 0) is 16.1 Å². The lowest BCUT2D eigenvalue weighted by Crippen LogP contribution is -2.03. The third-order valence-corrected chi connectivity index (χ3v) is 6.07. The lowest BCUT2D eigenvalue weighted by Gasteiger charge is -2.13. The molecule has 2 heterocycles. The van der Waals surface area contributed by atoms with Crippen LogP contribution in [-0.4, -0.2) is 23.9 Å². The molecule has 162 valence electrons. The van der Waals surface area contributed by atoms with Crippen LogP contribution in [0.15, 0.2) is 64.6 Å². The molecule has 1 aliphatic rings. The fourth-order valence-corrected chi connectivity index (χ4v) is 4.38. The molecule has 0 saturated heterocycles. The summed E-state index contributed by atoms with van der Waals surface area (Å²) < 4.78 is 17.4. The molecule has 1 aliphatic heterocycles. The van der Waals surface area contributed by atoms with Gasteiger partial charge in [-0.25, -0.2) is 9.79 Å². The zero-order chi connectivity index (χ0) is 22.7. The number of benzene rings is 2. The summed E-state index contributed by atoms with van der Waals surface area (Å²) in [6, 6.07) is 13.5. The standard InChI is InChI=1S/C22H15IN2O6S/c1-29-18-11-14(10-17-22(26)31-21(24-17)19-6-3-7-32-19)9-16(23)20(18)30-12-13-4-2-5-15(8-13)25(27)28/h2-11H,12H2,1H3/b17-10-. The Morgan fingerprint density at radius 2 is 2.09 bits per heavy atom. The number of halogens is 1. The highest BCUT2D eigenvalue weighted by atomic mass is 127. The van der Waals surface area contributed by atoms with Crippen LogP contribution in [0.3, 0.4) is 0 Å². The molecule has 0 unspecified atom stereocenters. The number of esters is 1. The lowest BCUT2D eigenvalue weighted by atomic mass is 10.1. The Hall–Kier alpha value is -3.25. The number of methoxy groups -OCH3 is 1. The molecule has 0 aliphatic carbocycles. The Bertz CT molecular complexity index is 1250. The minimum Gasteiger partial charge on any atom is -0.493 e. The molecule has 8 nitrogen and oxygen atoms in total. The SMILES string of the molecule is COc1cc(/C=C2\N=C(c3cccs3)OC2=O)cc(I)c1OCc1cccc([N+](=O)[O-])c1. The monoisotopic (exact) mass is 562 g/mol. The fraction of sp³-hybridized carbons (Fsp3) is 0.0909. The normalized spacial score (nSPS) is 14.2. The van der Waals surface area contributed by atoms with E-state index in [2.05, 4.69) is 27.6 Å². The number of nitro groups is 1. The summed E-state index contributed by atoms with van der Waals surface area (Å²) in [5, 5.41) is 12.9. The van der Waals surface area contributed by atoms with Gasteiger partial charge in [0.2, 0.25) is 5.90 Å². The van der Waals surface area contributed by atoms with E-state index in [-0.39, 0.29) is 23.9 Å². The van der Waals surface area contributed by atoms with Gasteiger partial charge in [0.15, 0.2) is 17.2 Å². The van der Waals surface area contributed by atoms with E-state index in [1.54, 1.807) is 24.3 Å². The smallest absolute Gasteiger partial charge is 0.363 e. The van der Waals surface area contributed by atoms with Crippen molar-refractivity contribution in [2.45, 2.75) is 6.61 Å². The highest BCUT2D eigenvalue weighted by molar-refractivity contribution is 14.1. The number of hydrogen-bond donors (Lipinski definition) is 0. The first-order valence-corrected chi connectivity index (χ1v) is 11.2. The number of non-ortho nitro benzene ring substituents is 1. The van der Waals surface area contributed by atoms with Gasteiger partial charge < -0.3 is 14.2 Å². The van der Waals surface area contributed by atoms with E-state index in [1.807, 2.05) is 23.6 Å². The van der Waals surface area contributed by atoms with Crippen LogP contribution in [0.2, 0.25) is 0 Å². The number of hydrogen-bond acceptors (Lipinski definition) is 8. The molecule has 4 rings (SSSR count). The van der Waals surface area contributed by atoms with Crippen LogP contribution < -0.4 is 9.47 Å². The maximum absolute atomic E-state index is 12.2. The summed E-state index contributed by atoms with van der Waals surface area (Å²) in [5.41, 5.74) is 1.54. The predicted octanol–water partition coefficient (Wildman–Crippen LogP) is 5.19. The molecule has 2 aromatic carbocycles. The molecular formula is C22H15IN2O6S. The molecule has 0 fully saturated rings. The minimum absolute atomic E-state index is 0.000608. The van der Waals surface area contributed by atoms with Crippen LogP contribution in [0.1, 0.15) is 16.0 Å². The van der Waals surface area contributed by atoms with Crippen molar-refractivity contribution >= 4 is 57.6 Å². The topological polar surface area (TPSA) is 100 Å². The van der Waals surface area contributed by atoms with Gasteiger partial charge in [-0.1, -0.05) is 18.2 Å². The van der Waals surface area contributed by atoms with Crippen LogP contribution in [0.5, 0.6) is 11.5 Å². The molecule has 0 amide bonds. The number of nitrogens with zero attached hydrogens (tertiary/aromatic N) is 2. The number of nitro benzene ring substituents is 1. The van der Waals surface area contributed by atoms with Gasteiger partial charge >= 0.3 is 5.97 Å². The second-order valence-electron chi connectivity index (χ2n) is 6.56. The van der Waals surface area contributed by atoms with Crippen LogP contribution in [0.4, 0.5) is 5.69 Å². The van der Waals surface area contributed by atoms with Crippen LogP contribution >= 0.6 is 33.9 Å². The average Bonchev–Trinajstić information content (AvgIpc) is 3.43. The molecule has 0 spiro atoms. The van der Waals surface area contributed by atoms with Gasteiger partial charge in [-0.05, 0) is 63.4 Å².